The lowest BCUT2D eigenvalue weighted by Gasteiger charge is -2.42. The fourth-order valence-corrected chi connectivity index (χ4v) is 4.12. The number of carbonyl (C=O) groups excluding carboxylic acids is 2. The van der Waals surface area contributed by atoms with E-state index in [2.05, 4.69) is 4.90 Å². The molecule has 2 heterocycles. The Morgan fingerprint density at radius 1 is 1.22 bits per heavy atom. The number of para-hydroxylation sites is 1. The smallest absolute Gasteiger partial charge is 0.325 e. The van der Waals surface area contributed by atoms with Gasteiger partial charge >= 0.3 is 12.0 Å². The van der Waals surface area contributed by atoms with Crippen LogP contribution in [0.25, 0.3) is 0 Å². The van der Waals surface area contributed by atoms with Crippen molar-refractivity contribution in [3.8, 4) is 0 Å². The second-order valence-corrected chi connectivity index (χ2v) is 7.40. The standard InChI is InChI=1S/C19H26N4O4/c1-21-11-8-15(9-12-21)23-18(27)22(14-5-3-2-4-6-14)13-19(23,17(20)26)10-7-16(24)25/h2-6,15H,7-13H2,1H3,(H2,20,26)(H,24,25). The van der Waals surface area contributed by atoms with E-state index in [-0.39, 0.29) is 31.5 Å². The maximum atomic E-state index is 13.3. The molecule has 0 spiro atoms. The number of rotatable bonds is 6. The number of carboxylic acid groups (broad SMARTS) is 1. The number of nitrogens with zero attached hydrogens (tertiary/aromatic N) is 3. The number of amides is 3. The predicted molar refractivity (Wildman–Crippen MR) is 100 cm³/mol. The van der Waals surface area contributed by atoms with Gasteiger partial charge in [-0.3, -0.25) is 14.5 Å². The van der Waals surface area contributed by atoms with E-state index in [0.717, 1.165) is 25.9 Å². The van der Waals surface area contributed by atoms with Crippen molar-refractivity contribution in [2.24, 2.45) is 5.73 Å². The molecule has 1 unspecified atom stereocenters. The van der Waals surface area contributed by atoms with Crippen LogP contribution in [0.2, 0.25) is 0 Å². The molecule has 1 atom stereocenters. The van der Waals surface area contributed by atoms with E-state index in [1.54, 1.807) is 21.9 Å². The number of benzene rings is 1. The molecule has 0 radical (unpaired) electrons. The minimum atomic E-state index is -1.31. The van der Waals surface area contributed by atoms with Crippen molar-refractivity contribution >= 4 is 23.6 Å². The van der Waals surface area contributed by atoms with Crippen molar-refractivity contribution in [3.05, 3.63) is 30.3 Å². The number of nitrogens with two attached hydrogens (primary N) is 1. The monoisotopic (exact) mass is 374 g/mol. The molecule has 0 bridgehead atoms. The summed E-state index contributed by atoms with van der Waals surface area (Å²) in [5, 5.41) is 9.17. The average Bonchev–Trinajstić information content (AvgIpc) is 2.95. The zero-order valence-corrected chi connectivity index (χ0v) is 15.5. The van der Waals surface area contributed by atoms with Gasteiger partial charge < -0.3 is 20.6 Å². The van der Waals surface area contributed by atoms with Crippen LogP contribution >= 0.6 is 0 Å². The molecule has 0 saturated carbocycles. The van der Waals surface area contributed by atoms with Crippen molar-refractivity contribution in [1.29, 1.82) is 0 Å². The molecule has 27 heavy (non-hydrogen) atoms. The first-order chi connectivity index (χ1) is 12.8. The molecule has 3 amide bonds. The maximum absolute atomic E-state index is 13.3. The molecular formula is C19H26N4O4. The highest BCUT2D eigenvalue weighted by atomic mass is 16.4. The quantitative estimate of drug-likeness (QED) is 0.776. The Kier molecular flexibility index (Phi) is 5.36. The van der Waals surface area contributed by atoms with Gasteiger partial charge in [0.1, 0.15) is 5.54 Å². The second-order valence-electron chi connectivity index (χ2n) is 7.40. The third-order valence-corrected chi connectivity index (χ3v) is 5.65. The minimum absolute atomic E-state index is 0.0130. The van der Waals surface area contributed by atoms with Gasteiger partial charge in [-0.25, -0.2) is 4.79 Å². The number of primary amides is 1. The Labute approximate surface area is 158 Å². The molecule has 8 heteroatoms. The summed E-state index contributed by atoms with van der Waals surface area (Å²) in [4.78, 5) is 42.4. The number of aliphatic carboxylic acids is 1. The van der Waals surface area contributed by atoms with Gasteiger partial charge in [-0.1, -0.05) is 18.2 Å². The maximum Gasteiger partial charge on any atom is 0.325 e. The summed E-state index contributed by atoms with van der Waals surface area (Å²) in [6.07, 6.45) is 1.25. The Balaban J connectivity index is 1.99. The number of hydrogen-bond donors (Lipinski definition) is 2. The van der Waals surface area contributed by atoms with Crippen molar-refractivity contribution in [1.82, 2.24) is 9.80 Å². The molecule has 1 aromatic rings. The fraction of sp³-hybridized carbons (Fsp3) is 0.526. The zero-order valence-electron chi connectivity index (χ0n) is 15.5. The Morgan fingerprint density at radius 3 is 2.41 bits per heavy atom. The van der Waals surface area contributed by atoms with Crippen LogP contribution < -0.4 is 10.6 Å². The topological polar surface area (TPSA) is 107 Å². The van der Waals surface area contributed by atoms with Crippen LogP contribution in [0.4, 0.5) is 10.5 Å². The van der Waals surface area contributed by atoms with Gasteiger partial charge in [0.05, 0.1) is 6.54 Å². The van der Waals surface area contributed by atoms with Crippen LogP contribution in [-0.2, 0) is 9.59 Å². The summed E-state index contributed by atoms with van der Waals surface area (Å²) < 4.78 is 0. The normalized spacial score (nSPS) is 24.4. The van der Waals surface area contributed by atoms with Gasteiger partial charge in [0.2, 0.25) is 5.91 Å². The van der Waals surface area contributed by atoms with E-state index in [4.69, 9.17) is 5.73 Å². The van der Waals surface area contributed by atoms with E-state index in [0.29, 0.717) is 5.69 Å². The van der Waals surface area contributed by atoms with Crippen LogP contribution in [0.3, 0.4) is 0 Å². The Bertz CT molecular complexity index is 718. The van der Waals surface area contributed by atoms with Crippen LogP contribution in [-0.4, -0.2) is 71.1 Å². The van der Waals surface area contributed by atoms with Gasteiger partial charge in [-0.15, -0.1) is 0 Å². The SMILES string of the molecule is CN1CCC(N2C(=O)N(c3ccccc3)CC2(CCC(=O)O)C(N)=O)CC1. The average molecular weight is 374 g/mol. The zero-order chi connectivity index (χ0) is 19.6. The number of anilines is 1. The highest BCUT2D eigenvalue weighted by Crippen LogP contribution is 2.38. The summed E-state index contributed by atoms with van der Waals surface area (Å²) in [5.41, 5.74) is 5.15. The predicted octanol–water partition coefficient (Wildman–Crippen LogP) is 1.11. The lowest BCUT2D eigenvalue weighted by Crippen LogP contribution is -2.61. The first-order valence-electron chi connectivity index (χ1n) is 9.21. The van der Waals surface area contributed by atoms with E-state index >= 15 is 0 Å². The molecule has 8 nitrogen and oxygen atoms in total. The first-order valence-corrected chi connectivity index (χ1v) is 9.21. The summed E-state index contributed by atoms with van der Waals surface area (Å²) in [6.45, 7) is 1.70. The van der Waals surface area contributed by atoms with Crippen LogP contribution in [0, 0.1) is 0 Å². The molecular weight excluding hydrogens is 348 g/mol. The van der Waals surface area contributed by atoms with Crippen molar-refractivity contribution < 1.29 is 19.5 Å². The van der Waals surface area contributed by atoms with E-state index < -0.39 is 17.4 Å². The van der Waals surface area contributed by atoms with Crippen LogP contribution in [0.15, 0.2) is 30.3 Å². The van der Waals surface area contributed by atoms with Crippen LogP contribution in [0.5, 0.6) is 0 Å². The minimum Gasteiger partial charge on any atom is -0.481 e. The van der Waals surface area contributed by atoms with Gasteiger partial charge in [0.25, 0.3) is 0 Å². The first kappa shape index (κ1) is 19.2. The molecule has 0 aliphatic carbocycles. The van der Waals surface area contributed by atoms with Crippen molar-refractivity contribution in [2.45, 2.75) is 37.3 Å². The molecule has 0 aromatic heterocycles. The largest absolute Gasteiger partial charge is 0.481 e. The number of carbonyl (C=O) groups is 3. The van der Waals surface area contributed by atoms with E-state index in [1.807, 2.05) is 25.2 Å². The Hall–Kier alpha value is -2.61. The highest BCUT2D eigenvalue weighted by Gasteiger charge is 2.56. The fourth-order valence-electron chi connectivity index (χ4n) is 4.12. The number of piperidine rings is 1. The summed E-state index contributed by atoms with van der Waals surface area (Å²) in [5.74, 6) is -1.65. The van der Waals surface area contributed by atoms with Crippen LogP contribution in [0.1, 0.15) is 25.7 Å². The third-order valence-electron chi connectivity index (χ3n) is 5.65. The highest BCUT2D eigenvalue weighted by molar-refractivity contribution is 6.02. The summed E-state index contributed by atoms with van der Waals surface area (Å²) >= 11 is 0. The molecule has 146 valence electrons. The molecule has 1 aromatic carbocycles. The Morgan fingerprint density at radius 2 is 1.85 bits per heavy atom. The third kappa shape index (κ3) is 3.62. The second kappa shape index (κ2) is 7.56. The van der Waals surface area contributed by atoms with Crippen molar-refractivity contribution in [3.63, 3.8) is 0 Å². The van der Waals surface area contributed by atoms with E-state index in [1.165, 1.54) is 0 Å². The summed E-state index contributed by atoms with van der Waals surface area (Å²) in [6, 6.07) is 8.69. The van der Waals surface area contributed by atoms with Crippen molar-refractivity contribution in [2.75, 3.05) is 31.6 Å². The molecule has 2 saturated heterocycles. The lowest BCUT2D eigenvalue weighted by atomic mass is 9.88. The molecule has 2 aliphatic rings. The number of urea groups is 1. The number of likely N-dealkylation sites (tertiary alicyclic amines) is 1. The summed E-state index contributed by atoms with van der Waals surface area (Å²) in [7, 11) is 2.02. The van der Waals surface area contributed by atoms with Gasteiger partial charge in [0, 0.05) is 18.2 Å². The van der Waals surface area contributed by atoms with Gasteiger partial charge in [-0.05, 0) is 51.5 Å². The van der Waals surface area contributed by atoms with Gasteiger partial charge in [-0.2, -0.15) is 0 Å². The molecule has 2 fully saturated rings. The van der Waals surface area contributed by atoms with Gasteiger partial charge in [0.15, 0.2) is 0 Å². The number of hydrogen-bond acceptors (Lipinski definition) is 4. The molecule has 2 aliphatic heterocycles. The lowest BCUT2D eigenvalue weighted by molar-refractivity contribution is -0.138. The number of carboxylic acids is 1. The molecule has 3 rings (SSSR count). The molecule has 3 N–H and O–H groups in total. The van der Waals surface area contributed by atoms with E-state index in [9.17, 15) is 19.5 Å².